The molecule has 0 saturated heterocycles. The topological polar surface area (TPSA) is 16.4 Å². The van der Waals surface area contributed by atoms with Crippen molar-refractivity contribution in [1.29, 1.82) is 0 Å². The smallest absolute Gasteiger partial charge is 0.137 e. The summed E-state index contributed by atoms with van der Waals surface area (Å²) in [5, 5.41) is 4.96. The lowest BCUT2D eigenvalue weighted by Crippen LogP contribution is -2.16. The number of rotatable bonds is 4. The first-order valence-corrected chi connectivity index (χ1v) is 20.7. The first kappa shape index (κ1) is 34.8. The molecule has 0 N–H and O–H groups in total. The van der Waals surface area contributed by atoms with E-state index in [1.165, 1.54) is 70.4 Å². The molecule has 56 heavy (non-hydrogen) atoms. The lowest BCUT2D eigenvalue weighted by Gasteiger charge is -2.29. The predicted octanol–water partition coefficient (Wildman–Crippen LogP) is 16.0. The maximum atomic E-state index is 6.50. The fraction of sp³-hybridized carbons (Fsp3) is 0.208. The molecule has 10 rings (SSSR count). The van der Waals surface area contributed by atoms with Crippen molar-refractivity contribution in [2.75, 3.05) is 4.90 Å². The van der Waals surface area contributed by atoms with Gasteiger partial charge in [0.2, 0.25) is 0 Å². The molecule has 2 aromatic heterocycles. The van der Waals surface area contributed by atoms with Crippen LogP contribution in [0.3, 0.4) is 0 Å². The largest absolute Gasteiger partial charge is 0.456 e. The van der Waals surface area contributed by atoms with Crippen LogP contribution in [-0.2, 0) is 16.2 Å². The minimum atomic E-state index is -0.189. The zero-order valence-electron chi connectivity index (χ0n) is 33.5. The number of furan rings is 1. The van der Waals surface area contributed by atoms with Crippen molar-refractivity contribution in [3.63, 3.8) is 0 Å². The number of hydrogen-bond donors (Lipinski definition) is 0. The van der Waals surface area contributed by atoms with Crippen LogP contribution in [0.15, 0.2) is 144 Å². The Bertz CT molecular complexity index is 3000. The Hall–Kier alpha value is -5.64. The Labute approximate surface area is 334 Å². The van der Waals surface area contributed by atoms with Crippen LogP contribution in [-0.4, -0.2) is 0 Å². The van der Waals surface area contributed by atoms with E-state index in [-0.39, 0.29) is 16.2 Å². The average Bonchev–Trinajstić information content (AvgIpc) is 3.81. The van der Waals surface area contributed by atoms with E-state index in [1.54, 1.807) is 0 Å². The van der Waals surface area contributed by atoms with Gasteiger partial charge in [-0.15, -0.1) is 11.3 Å². The molecule has 0 aliphatic heterocycles. The molecule has 0 fully saturated rings. The van der Waals surface area contributed by atoms with Crippen molar-refractivity contribution in [2.45, 2.75) is 71.6 Å². The number of hydrogen-bond acceptors (Lipinski definition) is 3. The minimum Gasteiger partial charge on any atom is -0.456 e. The zero-order valence-corrected chi connectivity index (χ0v) is 34.4. The maximum absolute atomic E-state index is 6.50. The van der Waals surface area contributed by atoms with Gasteiger partial charge in [-0.3, -0.25) is 0 Å². The monoisotopic (exact) mass is 745 g/mol. The van der Waals surface area contributed by atoms with Crippen LogP contribution in [0.4, 0.5) is 17.1 Å². The molecule has 0 unspecified atom stereocenters. The quantitative estimate of drug-likeness (QED) is 0.178. The van der Waals surface area contributed by atoms with Gasteiger partial charge in [-0.05, 0) is 104 Å². The number of nitrogens with zero attached hydrogens (tertiary/aromatic N) is 1. The van der Waals surface area contributed by atoms with Gasteiger partial charge in [0.15, 0.2) is 0 Å². The Kier molecular flexibility index (Phi) is 7.57. The number of benzene rings is 7. The highest BCUT2D eigenvalue weighted by molar-refractivity contribution is 7.26. The summed E-state index contributed by atoms with van der Waals surface area (Å²) in [5.41, 5.74) is 15.6. The van der Waals surface area contributed by atoms with Crippen LogP contribution in [0, 0.1) is 0 Å². The van der Waals surface area contributed by atoms with Crippen molar-refractivity contribution in [2.24, 2.45) is 0 Å². The molecule has 0 bridgehead atoms. The van der Waals surface area contributed by atoms with Crippen LogP contribution in [0.25, 0.3) is 64.4 Å². The molecule has 0 atom stereocenters. The van der Waals surface area contributed by atoms with Gasteiger partial charge in [0.05, 0.1) is 16.8 Å². The second kappa shape index (κ2) is 12.2. The van der Waals surface area contributed by atoms with Gasteiger partial charge < -0.3 is 9.32 Å². The summed E-state index contributed by atoms with van der Waals surface area (Å²) in [6, 6.07) is 51.6. The molecule has 2 heterocycles. The van der Waals surface area contributed by atoms with Gasteiger partial charge in [0, 0.05) is 42.2 Å². The van der Waals surface area contributed by atoms with Crippen molar-refractivity contribution >= 4 is 70.5 Å². The summed E-state index contributed by atoms with van der Waals surface area (Å²) in [6.45, 7) is 18.9. The predicted molar refractivity (Wildman–Crippen MR) is 242 cm³/mol. The van der Waals surface area contributed by atoms with E-state index in [1.807, 2.05) is 11.3 Å². The molecule has 0 spiro atoms. The van der Waals surface area contributed by atoms with Crippen molar-refractivity contribution in [3.8, 4) is 22.3 Å². The van der Waals surface area contributed by atoms with E-state index >= 15 is 0 Å². The van der Waals surface area contributed by atoms with Crippen LogP contribution < -0.4 is 4.90 Å². The van der Waals surface area contributed by atoms with E-state index in [0.717, 1.165) is 33.3 Å². The highest BCUT2D eigenvalue weighted by atomic mass is 32.1. The minimum absolute atomic E-state index is 0.0248. The second-order valence-electron chi connectivity index (χ2n) is 18.2. The number of anilines is 3. The Morgan fingerprint density at radius 3 is 1.98 bits per heavy atom. The summed E-state index contributed by atoms with van der Waals surface area (Å²) < 4.78 is 9.27. The lowest BCUT2D eigenvalue weighted by molar-refractivity contribution is 0.573. The van der Waals surface area contributed by atoms with Crippen LogP contribution in [0.2, 0.25) is 0 Å². The molecule has 3 heteroatoms. The molecular weight excluding hydrogens is 699 g/mol. The third kappa shape index (κ3) is 5.28. The molecular formula is C53H47NOS. The Balaban J connectivity index is 1.26. The molecule has 0 saturated carbocycles. The molecule has 276 valence electrons. The highest BCUT2D eigenvalue weighted by Gasteiger charge is 2.39. The van der Waals surface area contributed by atoms with Crippen LogP contribution in [0.5, 0.6) is 0 Å². The maximum Gasteiger partial charge on any atom is 0.137 e. The van der Waals surface area contributed by atoms with E-state index in [4.69, 9.17) is 4.42 Å². The molecule has 1 aliphatic carbocycles. The van der Waals surface area contributed by atoms with Gasteiger partial charge in [0.1, 0.15) is 11.2 Å². The number of fused-ring (bicyclic) bond motifs is 9. The van der Waals surface area contributed by atoms with Gasteiger partial charge in [-0.1, -0.05) is 140 Å². The van der Waals surface area contributed by atoms with Crippen molar-refractivity contribution in [1.82, 2.24) is 0 Å². The first-order chi connectivity index (χ1) is 26.8. The fourth-order valence-electron chi connectivity index (χ4n) is 9.10. The SMILES string of the molecule is CC(C)(C)c1cc(C(C)(C)C)c2sc3cc4c(cc3c2c1)-c1c(N(c2ccc(-c3ccccc3)cc2)c2cccc3oc5ccccc5c23)cccc1C4(C)C. The Morgan fingerprint density at radius 1 is 0.554 bits per heavy atom. The third-order valence-electron chi connectivity index (χ3n) is 12.1. The number of thiophene rings is 1. The average molecular weight is 746 g/mol. The summed E-state index contributed by atoms with van der Waals surface area (Å²) in [7, 11) is 0. The third-order valence-corrected chi connectivity index (χ3v) is 13.3. The zero-order chi connectivity index (χ0) is 38.7. The molecule has 0 radical (unpaired) electrons. The van der Waals surface area contributed by atoms with Crippen molar-refractivity contribution in [3.05, 3.63) is 162 Å². The highest BCUT2D eigenvalue weighted by Crippen LogP contribution is 2.57. The summed E-state index contributed by atoms with van der Waals surface area (Å²) in [6.07, 6.45) is 0. The van der Waals surface area contributed by atoms with Crippen LogP contribution >= 0.6 is 11.3 Å². The standard InChI is InChI=1S/C53H47NOS/c1-51(2,3)34-28-38-37-30-39-41(31-47(37)56-50(38)42(29-34)52(4,5)6)53(7,8)40-19-14-20-43(48(39)40)54(35-26-24-33(25-27-35)32-16-10-9-11-17-32)44-21-15-23-46-49(44)36-18-12-13-22-45(36)55-46/h9-31H,1-8H3. The number of para-hydroxylation sites is 1. The Morgan fingerprint density at radius 2 is 1.23 bits per heavy atom. The lowest BCUT2D eigenvalue weighted by atomic mass is 9.79. The second-order valence-corrected chi connectivity index (χ2v) is 19.3. The molecule has 1 aliphatic rings. The van der Waals surface area contributed by atoms with Crippen molar-refractivity contribution < 1.29 is 4.42 Å². The summed E-state index contributed by atoms with van der Waals surface area (Å²) in [4.78, 5) is 2.48. The first-order valence-electron chi connectivity index (χ1n) is 19.8. The molecule has 9 aromatic rings. The molecule has 0 amide bonds. The summed E-state index contributed by atoms with van der Waals surface area (Å²) in [5.74, 6) is 0. The van der Waals surface area contributed by atoms with E-state index in [2.05, 4.69) is 200 Å². The fourth-order valence-corrected chi connectivity index (χ4v) is 10.5. The van der Waals surface area contributed by atoms with E-state index in [0.29, 0.717) is 0 Å². The summed E-state index contributed by atoms with van der Waals surface area (Å²) >= 11 is 1.97. The van der Waals surface area contributed by atoms with Gasteiger partial charge in [-0.25, -0.2) is 0 Å². The normalized spacial score (nSPS) is 13.9. The van der Waals surface area contributed by atoms with E-state index in [9.17, 15) is 0 Å². The van der Waals surface area contributed by atoms with Gasteiger partial charge in [-0.2, -0.15) is 0 Å². The van der Waals surface area contributed by atoms with E-state index < -0.39 is 0 Å². The van der Waals surface area contributed by atoms with Gasteiger partial charge in [0.25, 0.3) is 0 Å². The molecule has 7 aromatic carbocycles. The van der Waals surface area contributed by atoms with Crippen LogP contribution in [0.1, 0.15) is 77.6 Å². The molecule has 2 nitrogen and oxygen atoms in total. The van der Waals surface area contributed by atoms with Gasteiger partial charge >= 0.3 is 0 Å².